The predicted molar refractivity (Wildman–Crippen MR) is 69.4 cm³/mol. The van der Waals surface area contributed by atoms with Crippen LogP contribution in [0.25, 0.3) is 0 Å². The van der Waals surface area contributed by atoms with Gasteiger partial charge in [-0.05, 0) is 11.6 Å². The molecule has 102 valence electrons. The number of carbonyl (C=O) groups is 1. The number of nitrogens with one attached hydrogen (secondary N) is 1. The van der Waals surface area contributed by atoms with Gasteiger partial charge in [-0.3, -0.25) is 4.79 Å². The van der Waals surface area contributed by atoms with Crippen molar-refractivity contribution in [1.82, 2.24) is 5.32 Å². The Morgan fingerprint density at radius 3 is 2.56 bits per heavy atom. The summed E-state index contributed by atoms with van der Waals surface area (Å²) in [6.45, 7) is -1.55. The first-order valence-electron chi connectivity index (χ1n) is 5.02. The Morgan fingerprint density at radius 2 is 2.00 bits per heavy atom. The molecule has 0 saturated carbocycles. The average molecular weight is 299 g/mol. The van der Waals surface area contributed by atoms with Crippen LogP contribution in [0.5, 0.6) is 0 Å². The summed E-state index contributed by atoms with van der Waals surface area (Å²) in [5.74, 6) is -3.58. The molecule has 1 aromatic carbocycles. The van der Waals surface area contributed by atoms with Crippen LogP contribution in [0, 0.1) is 0 Å². The van der Waals surface area contributed by atoms with Gasteiger partial charge in [0, 0.05) is 5.02 Å². The molecule has 0 heterocycles. The van der Waals surface area contributed by atoms with Gasteiger partial charge in [0.15, 0.2) is 0 Å². The summed E-state index contributed by atoms with van der Waals surface area (Å²) < 4.78 is 25.5. The Balaban J connectivity index is 0.00000289. The summed E-state index contributed by atoms with van der Waals surface area (Å²) in [6, 6.07) is 6.76. The van der Waals surface area contributed by atoms with Crippen LogP contribution in [0.2, 0.25) is 5.02 Å². The second kappa shape index (κ2) is 7.51. The number of hydrogen-bond acceptors (Lipinski definition) is 2. The summed E-state index contributed by atoms with van der Waals surface area (Å²) in [6.07, 6.45) is -0.0275. The molecule has 0 aliphatic heterocycles. The molecule has 0 fully saturated rings. The molecule has 1 rings (SSSR count). The first-order valence-corrected chi connectivity index (χ1v) is 5.40. The molecule has 0 spiro atoms. The van der Waals surface area contributed by atoms with Crippen LogP contribution in [0.1, 0.15) is 5.56 Å². The zero-order chi connectivity index (χ0) is 12.9. The molecular weight excluding hydrogens is 285 g/mol. The molecule has 3 N–H and O–H groups in total. The Morgan fingerprint density at radius 1 is 1.39 bits per heavy atom. The lowest BCUT2D eigenvalue weighted by Crippen LogP contribution is -2.42. The standard InChI is InChI=1S/C11H13ClF2N2O.ClH/c12-9-4-2-1-3-8(9)5-10(17)16-7-11(13,14)6-15;/h1-4H,5-7,15H2,(H,16,17);1H. The van der Waals surface area contributed by atoms with E-state index >= 15 is 0 Å². The van der Waals surface area contributed by atoms with Gasteiger partial charge in [-0.25, -0.2) is 8.78 Å². The maximum absolute atomic E-state index is 12.8. The van der Waals surface area contributed by atoms with Crippen LogP contribution in [-0.4, -0.2) is 24.9 Å². The Kier molecular flexibility index (Phi) is 7.13. The number of amides is 1. The third kappa shape index (κ3) is 5.62. The van der Waals surface area contributed by atoms with Crippen LogP contribution >= 0.6 is 24.0 Å². The van der Waals surface area contributed by atoms with Gasteiger partial charge in [0.1, 0.15) is 0 Å². The van der Waals surface area contributed by atoms with Gasteiger partial charge in [-0.2, -0.15) is 0 Å². The van der Waals surface area contributed by atoms with Crippen LogP contribution in [0.4, 0.5) is 8.78 Å². The first-order chi connectivity index (χ1) is 7.94. The maximum Gasteiger partial charge on any atom is 0.277 e. The molecule has 18 heavy (non-hydrogen) atoms. The SMILES string of the molecule is Cl.NCC(F)(F)CNC(=O)Cc1ccccc1Cl. The first kappa shape index (κ1) is 17.1. The summed E-state index contributed by atoms with van der Waals surface area (Å²) in [7, 11) is 0. The van der Waals surface area contributed by atoms with Crippen molar-refractivity contribution in [3.8, 4) is 0 Å². The molecular formula is C11H14Cl2F2N2O. The summed E-state index contributed by atoms with van der Waals surface area (Å²) in [5, 5.41) is 2.56. The number of carbonyl (C=O) groups excluding carboxylic acids is 1. The number of halogens is 4. The Bertz CT molecular complexity index is 402. The van der Waals surface area contributed by atoms with Crippen molar-refractivity contribution in [3.63, 3.8) is 0 Å². The molecule has 0 aliphatic carbocycles. The normalized spacial score (nSPS) is 10.7. The highest BCUT2D eigenvalue weighted by Crippen LogP contribution is 2.15. The Hall–Kier alpha value is -0.910. The van der Waals surface area contributed by atoms with E-state index in [1.807, 2.05) is 0 Å². The minimum Gasteiger partial charge on any atom is -0.350 e. The fourth-order valence-electron chi connectivity index (χ4n) is 1.18. The lowest BCUT2D eigenvalue weighted by molar-refractivity contribution is -0.122. The lowest BCUT2D eigenvalue weighted by Gasteiger charge is -2.14. The number of benzene rings is 1. The second-order valence-electron chi connectivity index (χ2n) is 3.60. The highest BCUT2D eigenvalue weighted by Gasteiger charge is 2.27. The molecule has 0 atom stereocenters. The summed E-state index contributed by atoms with van der Waals surface area (Å²) in [5.41, 5.74) is 5.45. The van der Waals surface area contributed by atoms with Crippen molar-refractivity contribution < 1.29 is 13.6 Å². The van der Waals surface area contributed by atoms with E-state index in [9.17, 15) is 13.6 Å². The molecule has 0 saturated heterocycles. The molecule has 0 bridgehead atoms. The minimum atomic E-state index is -3.07. The topological polar surface area (TPSA) is 55.1 Å². The van der Waals surface area contributed by atoms with Gasteiger partial charge in [-0.1, -0.05) is 29.8 Å². The van der Waals surface area contributed by atoms with E-state index in [4.69, 9.17) is 17.3 Å². The molecule has 1 amide bonds. The van der Waals surface area contributed by atoms with Gasteiger partial charge < -0.3 is 11.1 Å². The van der Waals surface area contributed by atoms with Crippen LogP contribution < -0.4 is 11.1 Å². The van der Waals surface area contributed by atoms with Crippen LogP contribution in [0.15, 0.2) is 24.3 Å². The molecule has 0 aromatic heterocycles. The van der Waals surface area contributed by atoms with Crippen molar-refractivity contribution in [1.29, 1.82) is 0 Å². The third-order valence-electron chi connectivity index (χ3n) is 2.15. The zero-order valence-corrected chi connectivity index (χ0v) is 11.0. The number of rotatable bonds is 5. The minimum absolute atomic E-state index is 0. The molecule has 1 aromatic rings. The average Bonchev–Trinajstić information content (AvgIpc) is 2.30. The highest BCUT2D eigenvalue weighted by atomic mass is 35.5. The van der Waals surface area contributed by atoms with E-state index in [2.05, 4.69) is 5.32 Å². The van der Waals surface area contributed by atoms with Crippen LogP contribution in [0.3, 0.4) is 0 Å². The second-order valence-corrected chi connectivity index (χ2v) is 4.01. The fourth-order valence-corrected chi connectivity index (χ4v) is 1.38. The zero-order valence-electron chi connectivity index (χ0n) is 9.46. The summed E-state index contributed by atoms with van der Waals surface area (Å²) >= 11 is 5.84. The number of nitrogens with two attached hydrogens (primary N) is 1. The van der Waals surface area contributed by atoms with Crippen molar-refractivity contribution in [3.05, 3.63) is 34.9 Å². The molecule has 0 radical (unpaired) electrons. The molecule has 7 heteroatoms. The largest absolute Gasteiger partial charge is 0.350 e. The van der Waals surface area contributed by atoms with Gasteiger partial charge in [0.05, 0.1) is 19.5 Å². The monoisotopic (exact) mass is 298 g/mol. The predicted octanol–water partition coefficient (Wildman–Crippen LogP) is 2.01. The van der Waals surface area contributed by atoms with E-state index in [1.165, 1.54) is 0 Å². The van der Waals surface area contributed by atoms with Gasteiger partial charge >= 0.3 is 0 Å². The quantitative estimate of drug-likeness (QED) is 0.874. The van der Waals surface area contributed by atoms with Gasteiger partial charge in [0.25, 0.3) is 5.92 Å². The highest BCUT2D eigenvalue weighted by molar-refractivity contribution is 6.31. The molecule has 0 unspecified atom stereocenters. The van der Waals surface area contributed by atoms with Crippen molar-refractivity contribution in [2.75, 3.05) is 13.1 Å². The van der Waals surface area contributed by atoms with E-state index in [1.54, 1.807) is 24.3 Å². The van der Waals surface area contributed by atoms with Crippen molar-refractivity contribution in [2.24, 2.45) is 5.73 Å². The lowest BCUT2D eigenvalue weighted by atomic mass is 10.1. The van der Waals surface area contributed by atoms with Gasteiger partial charge in [-0.15, -0.1) is 12.4 Å². The van der Waals surface area contributed by atoms with E-state index in [0.717, 1.165) is 0 Å². The van der Waals surface area contributed by atoms with Crippen LogP contribution in [-0.2, 0) is 11.2 Å². The van der Waals surface area contributed by atoms with Crippen molar-refractivity contribution >= 4 is 29.9 Å². The Labute approximate surface area is 115 Å². The smallest absolute Gasteiger partial charge is 0.277 e. The third-order valence-corrected chi connectivity index (χ3v) is 2.52. The van der Waals surface area contributed by atoms with Crippen molar-refractivity contribution in [2.45, 2.75) is 12.3 Å². The maximum atomic E-state index is 12.8. The number of hydrogen-bond donors (Lipinski definition) is 2. The van der Waals surface area contributed by atoms with Gasteiger partial charge in [0.2, 0.25) is 5.91 Å². The molecule has 0 aliphatic rings. The van der Waals surface area contributed by atoms with E-state index in [0.29, 0.717) is 10.6 Å². The summed E-state index contributed by atoms with van der Waals surface area (Å²) in [4.78, 5) is 11.4. The van der Waals surface area contributed by atoms with E-state index < -0.39 is 24.9 Å². The van der Waals surface area contributed by atoms with E-state index in [-0.39, 0.29) is 18.8 Å². The number of alkyl halides is 2. The molecule has 3 nitrogen and oxygen atoms in total. The fraction of sp³-hybridized carbons (Fsp3) is 0.364.